The van der Waals surface area contributed by atoms with Crippen LogP contribution in [-0.2, 0) is 0 Å². The predicted octanol–water partition coefficient (Wildman–Crippen LogP) is 2.36. The molecule has 20 heavy (non-hydrogen) atoms. The molecule has 106 valence electrons. The summed E-state index contributed by atoms with van der Waals surface area (Å²) in [6, 6.07) is 6.34. The number of hydrogen-bond acceptors (Lipinski definition) is 7. The Balaban J connectivity index is 1.71. The van der Waals surface area contributed by atoms with E-state index in [0.29, 0.717) is 13.2 Å². The van der Waals surface area contributed by atoms with E-state index in [1.807, 2.05) is 13.1 Å². The van der Waals surface area contributed by atoms with Crippen molar-refractivity contribution in [3.63, 3.8) is 0 Å². The Morgan fingerprint density at radius 2 is 2.20 bits per heavy atom. The summed E-state index contributed by atoms with van der Waals surface area (Å²) >= 11 is 3.26. The minimum Gasteiger partial charge on any atom is -0.486 e. The molecule has 1 aliphatic rings. The first-order valence-electron chi connectivity index (χ1n) is 6.32. The van der Waals surface area contributed by atoms with E-state index in [1.165, 1.54) is 5.56 Å². The maximum absolute atomic E-state index is 5.63. The highest BCUT2D eigenvalue weighted by molar-refractivity contribution is 8.01. The van der Waals surface area contributed by atoms with E-state index >= 15 is 0 Å². The average molecular weight is 309 g/mol. The van der Waals surface area contributed by atoms with E-state index in [9.17, 15) is 0 Å². The molecule has 5 nitrogen and oxygen atoms in total. The van der Waals surface area contributed by atoms with Crippen molar-refractivity contribution < 1.29 is 9.47 Å². The zero-order valence-corrected chi connectivity index (χ0v) is 12.7. The second-order valence-electron chi connectivity index (χ2n) is 4.26. The molecule has 2 heterocycles. The SMILES string of the molecule is CNC(CSc1nncs1)c1ccc2c(c1)OCCO2. The van der Waals surface area contributed by atoms with Crippen LogP contribution in [0.15, 0.2) is 28.0 Å². The van der Waals surface area contributed by atoms with E-state index in [2.05, 4.69) is 27.6 Å². The van der Waals surface area contributed by atoms with E-state index < -0.39 is 0 Å². The van der Waals surface area contributed by atoms with Crippen molar-refractivity contribution in [3.8, 4) is 11.5 Å². The number of ether oxygens (including phenoxy) is 2. The van der Waals surface area contributed by atoms with Gasteiger partial charge in [-0.25, -0.2) is 0 Å². The molecule has 1 N–H and O–H groups in total. The van der Waals surface area contributed by atoms with Crippen molar-refractivity contribution in [2.45, 2.75) is 10.4 Å². The van der Waals surface area contributed by atoms with Crippen molar-refractivity contribution in [3.05, 3.63) is 29.3 Å². The van der Waals surface area contributed by atoms with Gasteiger partial charge in [-0.15, -0.1) is 10.2 Å². The van der Waals surface area contributed by atoms with Gasteiger partial charge in [-0.05, 0) is 24.7 Å². The van der Waals surface area contributed by atoms with Crippen LogP contribution in [0.5, 0.6) is 11.5 Å². The average Bonchev–Trinajstić information content (AvgIpc) is 3.01. The second-order valence-corrected chi connectivity index (χ2v) is 6.36. The molecule has 0 spiro atoms. The van der Waals surface area contributed by atoms with Gasteiger partial charge in [0.05, 0.1) is 0 Å². The summed E-state index contributed by atoms with van der Waals surface area (Å²) in [4.78, 5) is 0. The normalized spacial score (nSPS) is 15.1. The molecular weight excluding hydrogens is 294 g/mol. The van der Waals surface area contributed by atoms with Gasteiger partial charge >= 0.3 is 0 Å². The summed E-state index contributed by atoms with van der Waals surface area (Å²) in [5, 5.41) is 11.2. The molecule has 1 atom stereocenters. The largest absolute Gasteiger partial charge is 0.486 e. The van der Waals surface area contributed by atoms with Gasteiger partial charge in [-0.2, -0.15) is 0 Å². The third kappa shape index (κ3) is 3.05. The summed E-state index contributed by atoms with van der Waals surface area (Å²) in [7, 11) is 1.96. The van der Waals surface area contributed by atoms with Crippen LogP contribution >= 0.6 is 23.1 Å². The number of rotatable bonds is 5. The van der Waals surface area contributed by atoms with E-state index in [-0.39, 0.29) is 6.04 Å². The van der Waals surface area contributed by atoms with Gasteiger partial charge in [0.25, 0.3) is 0 Å². The van der Waals surface area contributed by atoms with Crippen molar-refractivity contribution in [2.24, 2.45) is 0 Å². The van der Waals surface area contributed by atoms with Gasteiger partial charge in [0, 0.05) is 11.8 Å². The summed E-state index contributed by atoms with van der Waals surface area (Å²) in [5.74, 6) is 2.55. The van der Waals surface area contributed by atoms with E-state index in [4.69, 9.17) is 9.47 Å². The van der Waals surface area contributed by atoms with Crippen molar-refractivity contribution in [1.29, 1.82) is 0 Å². The topological polar surface area (TPSA) is 56.3 Å². The Labute approximate surface area is 125 Å². The Bertz CT molecular complexity index is 563. The standard InChI is InChI=1S/C13H15N3O2S2/c1-14-10(7-19-13-16-15-8-20-13)9-2-3-11-12(6-9)18-5-4-17-11/h2-3,6,8,10,14H,4-5,7H2,1H3. The molecule has 3 rings (SSSR count). The summed E-state index contributed by atoms with van der Waals surface area (Å²) in [6.07, 6.45) is 0. The van der Waals surface area contributed by atoms with E-state index in [1.54, 1.807) is 28.6 Å². The fourth-order valence-electron chi connectivity index (χ4n) is 2.00. The molecule has 0 aliphatic carbocycles. The van der Waals surface area contributed by atoms with Crippen LogP contribution in [-0.4, -0.2) is 36.2 Å². The van der Waals surface area contributed by atoms with Crippen molar-refractivity contribution in [2.75, 3.05) is 26.0 Å². The predicted molar refractivity (Wildman–Crippen MR) is 79.9 cm³/mol. The van der Waals surface area contributed by atoms with Crippen LogP contribution in [0.2, 0.25) is 0 Å². The highest BCUT2D eigenvalue weighted by Gasteiger charge is 2.16. The molecule has 1 unspecified atom stereocenters. The molecule has 1 aromatic heterocycles. The summed E-state index contributed by atoms with van der Waals surface area (Å²) in [5.41, 5.74) is 2.94. The Morgan fingerprint density at radius 3 is 2.95 bits per heavy atom. The second kappa shape index (κ2) is 6.43. The van der Waals surface area contributed by atoms with Gasteiger partial charge in [0.1, 0.15) is 18.7 Å². The highest BCUT2D eigenvalue weighted by atomic mass is 32.2. The Hall–Kier alpha value is -1.31. The van der Waals surface area contributed by atoms with Crippen LogP contribution in [0.1, 0.15) is 11.6 Å². The number of benzene rings is 1. The van der Waals surface area contributed by atoms with E-state index in [0.717, 1.165) is 21.6 Å². The molecule has 0 bridgehead atoms. The molecular formula is C13H15N3O2S2. The van der Waals surface area contributed by atoms with Crippen molar-refractivity contribution >= 4 is 23.1 Å². The first-order chi connectivity index (χ1) is 9.86. The number of fused-ring (bicyclic) bond motifs is 1. The molecule has 1 aliphatic heterocycles. The first kappa shape index (κ1) is 13.7. The third-order valence-electron chi connectivity index (χ3n) is 3.03. The maximum Gasteiger partial charge on any atom is 0.174 e. The molecule has 7 heteroatoms. The zero-order chi connectivity index (χ0) is 13.8. The van der Waals surface area contributed by atoms with Gasteiger partial charge in [0.2, 0.25) is 0 Å². The quantitative estimate of drug-likeness (QED) is 0.856. The van der Waals surface area contributed by atoms with Crippen LogP contribution < -0.4 is 14.8 Å². The minimum atomic E-state index is 0.236. The lowest BCUT2D eigenvalue weighted by molar-refractivity contribution is 0.171. The number of nitrogens with zero attached hydrogens (tertiary/aromatic N) is 2. The van der Waals surface area contributed by atoms with Crippen molar-refractivity contribution in [1.82, 2.24) is 15.5 Å². The summed E-state index contributed by atoms with van der Waals surface area (Å²) in [6.45, 7) is 1.23. The van der Waals surface area contributed by atoms with Crippen LogP contribution in [0.4, 0.5) is 0 Å². The molecule has 0 saturated carbocycles. The lowest BCUT2D eigenvalue weighted by Crippen LogP contribution is -2.20. The third-order valence-corrected chi connectivity index (χ3v) is 4.98. The van der Waals surface area contributed by atoms with Gasteiger partial charge in [0.15, 0.2) is 15.8 Å². The van der Waals surface area contributed by atoms with Gasteiger partial charge < -0.3 is 14.8 Å². The lowest BCUT2D eigenvalue weighted by atomic mass is 10.1. The fraction of sp³-hybridized carbons (Fsp3) is 0.385. The fourth-order valence-corrected chi connectivity index (χ4v) is 3.66. The maximum atomic E-state index is 5.63. The number of thioether (sulfide) groups is 1. The Morgan fingerprint density at radius 1 is 1.35 bits per heavy atom. The molecule has 0 radical (unpaired) electrons. The zero-order valence-electron chi connectivity index (χ0n) is 11.0. The molecule has 0 fully saturated rings. The monoisotopic (exact) mass is 309 g/mol. The minimum absolute atomic E-state index is 0.236. The van der Waals surface area contributed by atoms with Gasteiger partial charge in [-0.3, -0.25) is 0 Å². The lowest BCUT2D eigenvalue weighted by Gasteiger charge is -2.21. The number of nitrogens with one attached hydrogen (secondary N) is 1. The molecule has 0 amide bonds. The van der Waals surface area contributed by atoms with Crippen LogP contribution in [0.25, 0.3) is 0 Å². The Kier molecular flexibility index (Phi) is 4.39. The molecule has 1 aromatic carbocycles. The first-order valence-corrected chi connectivity index (χ1v) is 8.19. The molecule has 2 aromatic rings. The van der Waals surface area contributed by atoms with Gasteiger partial charge in [-0.1, -0.05) is 29.2 Å². The number of aromatic nitrogens is 2. The molecule has 0 saturated heterocycles. The highest BCUT2D eigenvalue weighted by Crippen LogP contribution is 2.34. The smallest absolute Gasteiger partial charge is 0.174 e. The van der Waals surface area contributed by atoms with Crippen LogP contribution in [0.3, 0.4) is 0 Å². The van der Waals surface area contributed by atoms with Crippen LogP contribution in [0, 0.1) is 0 Å². The number of hydrogen-bond donors (Lipinski definition) is 1. The summed E-state index contributed by atoms with van der Waals surface area (Å²) < 4.78 is 12.2.